The number of allylic oxidation sites excluding steroid dienone is 1. The summed E-state index contributed by atoms with van der Waals surface area (Å²) in [5.41, 5.74) is 2.25. The minimum absolute atomic E-state index is 0.0885. The van der Waals surface area contributed by atoms with Gasteiger partial charge in [0.15, 0.2) is 22.4 Å². The third kappa shape index (κ3) is 4.12. The van der Waals surface area contributed by atoms with Gasteiger partial charge in [-0.2, -0.15) is 8.78 Å². The lowest BCUT2D eigenvalue weighted by molar-refractivity contribution is -0.0512. The van der Waals surface area contributed by atoms with Gasteiger partial charge in [0.2, 0.25) is 0 Å². The number of carbonyl (C=O) groups excluding carboxylic acids is 1. The Morgan fingerprint density at radius 3 is 2.50 bits per heavy atom. The Balaban J connectivity index is 2.04. The molecule has 0 radical (unpaired) electrons. The van der Waals surface area contributed by atoms with Crippen molar-refractivity contribution >= 4 is 23.1 Å². The molecule has 0 aromatic heterocycles. The van der Waals surface area contributed by atoms with Crippen molar-refractivity contribution in [1.82, 2.24) is 10.6 Å². The van der Waals surface area contributed by atoms with E-state index in [1.165, 1.54) is 13.2 Å². The Labute approximate surface area is 166 Å². The van der Waals surface area contributed by atoms with Crippen LogP contribution in [0.4, 0.5) is 8.78 Å². The molecule has 28 heavy (non-hydrogen) atoms. The quantitative estimate of drug-likeness (QED) is 0.561. The standard InChI is InChI=1S/C20H18F2N2O3S/c1-11-16(18(25)12-6-4-3-5-7-12)17(24-20(28)23-11)13-8-9-14(27-19(21)22)15(10-13)26-2/h3-10,17,19H,1-2H3,(H2,23,24,28)/t17-/m0/s1. The fourth-order valence-corrected chi connectivity index (χ4v) is 3.32. The Hall–Kier alpha value is -3.00. The largest absolute Gasteiger partial charge is 0.493 e. The van der Waals surface area contributed by atoms with Crippen molar-refractivity contribution in [2.24, 2.45) is 0 Å². The van der Waals surface area contributed by atoms with Gasteiger partial charge in [0.25, 0.3) is 0 Å². The van der Waals surface area contributed by atoms with Crippen molar-refractivity contribution in [2.45, 2.75) is 19.6 Å². The number of ketones is 1. The van der Waals surface area contributed by atoms with Gasteiger partial charge in [-0.05, 0) is 36.8 Å². The van der Waals surface area contributed by atoms with Crippen LogP contribution in [-0.4, -0.2) is 24.6 Å². The molecule has 0 spiro atoms. The summed E-state index contributed by atoms with van der Waals surface area (Å²) in [7, 11) is 1.36. The number of thiocarbonyl (C=S) groups is 1. The number of ether oxygens (including phenoxy) is 2. The summed E-state index contributed by atoms with van der Waals surface area (Å²) in [4.78, 5) is 13.1. The topological polar surface area (TPSA) is 59.6 Å². The van der Waals surface area contributed by atoms with Gasteiger partial charge >= 0.3 is 6.61 Å². The Morgan fingerprint density at radius 2 is 1.86 bits per heavy atom. The molecule has 2 aromatic rings. The summed E-state index contributed by atoms with van der Waals surface area (Å²) < 4.78 is 34.8. The number of carbonyl (C=O) groups is 1. The van der Waals surface area contributed by atoms with Crippen LogP contribution in [0.3, 0.4) is 0 Å². The number of Topliss-reactive ketones (excluding diaryl/α,β-unsaturated/α-hetero) is 1. The number of rotatable bonds is 6. The average molecular weight is 404 g/mol. The van der Waals surface area contributed by atoms with Gasteiger partial charge in [-0.1, -0.05) is 36.4 Å². The smallest absolute Gasteiger partial charge is 0.387 e. The predicted octanol–water partition coefficient (Wildman–Crippen LogP) is 3.97. The molecule has 0 unspecified atom stereocenters. The molecule has 0 aliphatic carbocycles. The van der Waals surface area contributed by atoms with E-state index in [9.17, 15) is 13.6 Å². The number of alkyl halides is 2. The van der Waals surface area contributed by atoms with E-state index in [1.54, 1.807) is 43.3 Å². The highest BCUT2D eigenvalue weighted by Crippen LogP contribution is 2.35. The van der Waals surface area contributed by atoms with E-state index in [-0.39, 0.29) is 17.3 Å². The predicted molar refractivity (Wildman–Crippen MR) is 105 cm³/mol. The zero-order chi connectivity index (χ0) is 20.3. The lowest BCUT2D eigenvalue weighted by Gasteiger charge is -2.30. The lowest BCUT2D eigenvalue weighted by atomic mass is 9.89. The second kappa shape index (κ2) is 8.35. The molecular weight excluding hydrogens is 386 g/mol. The molecule has 8 heteroatoms. The molecule has 2 N–H and O–H groups in total. The molecule has 1 aliphatic heterocycles. The van der Waals surface area contributed by atoms with E-state index in [0.29, 0.717) is 27.5 Å². The fraction of sp³-hybridized carbons (Fsp3) is 0.200. The van der Waals surface area contributed by atoms with Crippen LogP contribution in [0.25, 0.3) is 0 Å². The molecule has 0 saturated carbocycles. The molecule has 146 valence electrons. The number of methoxy groups -OCH3 is 1. The van der Waals surface area contributed by atoms with Crippen molar-refractivity contribution in [1.29, 1.82) is 0 Å². The Bertz CT molecular complexity index is 932. The normalized spacial score (nSPS) is 16.5. The molecular formula is C20H18F2N2O3S. The van der Waals surface area contributed by atoms with E-state index in [1.807, 2.05) is 6.07 Å². The summed E-state index contributed by atoms with van der Waals surface area (Å²) in [6, 6.07) is 12.8. The van der Waals surface area contributed by atoms with E-state index < -0.39 is 12.7 Å². The third-order valence-electron chi connectivity index (χ3n) is 4.29. The van der Waals surface area contributed by atoms with Crippen LogP contribution in [0.15, 0.2) is 59.8 Å². The fourth-order valence-electron chi connectivity index (χ4n) is 3.05. The van der Waals surface area contributed by atoms with Crippen molar-refractivity contribution in [2.75, 3.05) is 7.11 Å². The number of halogens is 2. The second-order valence-corrected chi connectivity index (χ2v) is 6.46. The highest BCUT2D eigenvalue weighted by Gasteiger charge is 2.31. The van der Waals surface area contributed by atoms with E-state index in [4.69, 9.17) is 17.0 Å². The molecule has 3 rings (SSSR count). The summed E-state index contributed by atoms with van der Waals surface area (Å²) in [5, 5.41) is 6.40. The molecule has 0 saturated heterocycles. The van der Waals surface area contributed by atoms with Gasteiger partial charge < -0.3 is 20.1 Å². The van der Waals surface area contributed by atoms with Crippen LogP contribution in [0, 0.1) is 0 Å². The first-order chi connectivity index (χ1) is 13.4. The molecule has 1 aliphatic rings. The molecule has 0 amide bonds. The SMILES string of the molecule is COc1cc([C@@H]2NC(=S)NC(C)=C2C(=O)c2ccccc2)ccc1OC(F)F. The summed E-state index contributed by atoms with van der Waals surface area (Å²) in [6.45, 7) is -1.20. The van der Waals surface area contributed by atoms with Gasteiger partial charge in [-0.15, -0.1) is 0 Å². The summed E-state index contributed by atoms with van der Waals surface area (Å²) in [5.74, 6) is -0.125. The van der Waals surface area contributed by atoms with Gasteiger partial charge in [0.1, 0.15) is 0 Å². The zero-order valence-electron chi connectivity index (χ0n) is 15.2. The molecule has 0 bridgehead atoms. The van der Waals surface area contributed by atoms with Crippen molar-refractivity contribution < 1.29 is 23.0 Å². The van der Waals surface area contributed by atoms with E-state index in [2.05, 4.69) is 15.4 Å². The summed E-state index contributed by atoms with van der Waals surface area (Å²) in [6.07, 6.45) is 0. The molecule has 0 fully saturated rings. The maximum atomic E-state index is 13.1. The second-order valence-electron chi connectivity index (χ2n) is 6.05. The van der Waals surface area contributed by atoms with Crippen LogP contribution in [0.2, 0.25) is 0 Å². The number of hydrogen-bond donors (Lipinski definition) is 2. The number of benzene rings is 2. The minimum Gasteiger partial charge on any atom is -0.493 e. The summed E-state index contributed by atoms with van der Waals surface area (Å²) >= 11 is 5.24. The van der Waals surface area contributed by atoms with Crippen LogP contribution in [0.1, 0.15) is 28.9 Å². The molecule has 5 nitrogen and oxygen atoms in total. The van der Waals surface area contributed by atoms with Crippen LogP contribution < -0.4 is 20.1 Å². The average Bonchev–Trinajstić information content (AvgIpc) is 2.67. The van der Waals surface area contributed by atoms with Crippen LogP contribution in [-0.2, 0) is 0 Å². The van der Waals surface area contributed by atoms with Gasteiger partial charge in [-0.3, -0.25) is 4.79 Å². The molecule has 2 aromatic carbocycles. The van der Waals surface area contributed by atoms with Crippen molar-refractivity contribution in [3.8, 4) is 11.5 Å². The third-order valence-corrected chi connectivity index (χ3v) is 4.51. The van der Waals surface area contributed by atoms with Crippen LogP contribution in [0.5, 0.6) is 11.5 Å². The number of hydrogen-bond acceptors (Lipinski definition) is 4. The Morgan fingerprint density at radius 1 is 1.14 bits per heavy atom. The zero-order valence-corrected chi connectivity index (χ0v) is 16.0. The monoisotopic (exact) mass is 404 g/mol. The highest BCUT2D eigenvalue weighted by atomic mass is 32.1. The molecule has 1 atom stereocenters. The first kappa shape index (κ1) is 19.8. The minimum atomic E-state index is -2.97. The van der Waals surface area contributed by atoms with E-state index >= 15 is 0 Å². The molecule has 1 heterocycles. The van der Waals surface area contributed by atoms with Crippen LogP contribution >= 0.6 is 12.2 Å². The van der Waals surface area contributed by atoms with E-state index in [0.717, 1.165) is 0 Å². The first-order valence-corrected chi connectivity index (χ1v) is 8.82. The van der Waals surface area contributed by atoms with Gasteiger partial charge in [0.05, 0.1) is 13.2 Å². The number of nitrogens with one attached hydrogen (secondary N) is 2. The highest BCUT2D eigenvalue weighted by molar-refractivity contribution is 7.80. The van der Waals surface area contributed by atoms with Gasteiger partial charge in [-0.25, -0.2) is 0 Å². The lowest BCUT2D eigenvalue weighted by Crippen LogP contribution is -2.44. The first-order valence-electron chi connectivity index (χ1n) is 8.41. The Kier molecular flexibility index (Phi) is 5.89. The van der Waals surface area contributed by atoms with Crippen molar-refractivity contribution in [3.63, 3.8) is 0 Å². The maximum absolute atomic E-state index is 13.1. The van der Waals surface area contributed by atoms with Crippen molar-refractivity contribution in [3.05, 3.63) is 70.9 Å². The maximum Gasteiger partial charge on any atom is 0.387 e. The van der Waals surface area contributed by atoms with Gasteiger partial charge in [0, 0.05) is 16.8 Å².